The fraction of sp³-hybridized carbons (Fsp3) is 0.944. The molecule has 1 aliphatic rings. The second-order valence-electron chi connectivity index (χ2n) is 6.52. The monoisotopic (exact) mass is 268 g/mol. The largest absolute Gasteiger partial charge is 0.299 e. The van der Waals surface area contributed by atoms with Crippen LogP contribution in [0.4, 0.5) is 0 Å². The van der Waals surface area contributed by atoms with Gasteiger partial charge in [0, 0.05) is 11.8 Å². The van der Waals surface area contributed by atoms with Crippen LogP contribution in [0.15, 0.2) is 0 Å². The Bertz CT molecular complexity index is 202. The van der Waals surface area contributed by atoms with E-state index in [1.54, 1.807) is 0 Å². The van der Waals surface area contributed by atoms with E-state index < -0.39 is 0 Å². The van der Waals surface area contributed by atoms with Gasteiger partial charge in [0.1, 0.15) is 5.78 Å². The first-order valence-corrected chi connectivity index (χ1v) is 8.56. The van der Waals surface area contributed by atoms with Crippen LogP contribution < -0.4 is 0 Å². The van der Waals surface area contributed by atoms with Gasteiger partial charge in [-0.2, -0.15) is 0 Å². The van der Waals surface area contributed by atoms with Crippen molar-refractivity contribution in [3.05, 3.63) is 0 Å². The summed E-state index contributed by atoms with van der Waals surface area (Å²) >= 11 is 0. The van der Waals surface area contributed by atoms with Gasteiger partial charge in [0.15, 0.2) is 0 Å². The van der Waals surface area contributed by atoms with Crippen molar-refractivity contribution in [2.24, 2.45) is 17.8 Å². The van der Waals surface area contributed by atoms with Gasteiger partial charge in [-0.15, -0.1) is 0 Å². The van der Waals surface area contributed by atoms with Crippen LogP contribution in [0.2, 0.25) is 0 Å². The van der Waals surface area contributed by atoms with E-state index in [1.807, 2.05) is 0 Å². The lowest BCUT2D eigenvalue weighted by atomic mass is 9.89. The maximum absolute atomic E-state index is 11.6. The summed E-state index contributed by atoms with van der Waals surface area (Å²) in [7, 11) is 0. The van der Waals surface area contributed by atoms with Crippen molar-refractivity contribution >= 4 is 5.78 Å². The quantitative estimate of drug-likeness (QED) is 0.576. The van der Waals surface area contributed by atoms with Crippen molar-refractivity contribution < 1.29 is 4.79 Å². The Hall–Kier alpha value is -0.330. The molecule has 0 amide bonds. The van der Waals surface area contributed by atoms with Crippen LogP contribution in [-0.2, 0) is 4.79 Å². The third kappa shape index (κ3) is 9.24. The first kappa shape index (κ1) is 18.7. The van der Waals surface area contributed by atoms with Gasteiger partial charge in [-0.3, -0.25) is 4.79 Å². The molecule has 0 saturated heterocycles. The number of carbonyl (C=O) groups is 1. The van der Waals surface area contributed by atoms with E-state index in [0.717, 1.165) is 31.6 Å². The Kier molecular flexibility index (Phi) is 11.3. The van der Waals surface area contributed by atoms with Gasteiger partial charge >= 0.3 is 0 Å². The summed E-state index contributed by atoms with van der Waals surface area (Å²) in [6, 6.07) is 0. The minimum absolute atomic E-state index is 0.275. The average molecular weight is 268 g/mol. The fourth-order valence-corrected chi connectivity index (χ4v) is 2.94. The Balaban J connectivity index is 0.000000388. The molecule has 0 aliphatic heterocycles. The summed E-state index contributed by atoms with van der Waals surface area (Å²) in [5.41, 5.74) is 0. The van der Waals surface area contributed by atoms with E-state index in [9.17, 15) is 4.79 Å². The Morgan fingerprint density at radius 1 is 0.947 bits per heavy atom. The minimum Gasteiger partial charge on any atom is -0.299 e. The highest BCUT2D eigenvalue weighted by Gasteiger charge is 2.17. The molecule has 0 aromatic rings. The van der Waals surface area contributed by atoms with Crippen molar-refractivity contribution in [1.29, 1.82) is 0 Å². The molecular formula is C18H36O. The van der Waals surface area contributed by atoms with Crippen molar-refractivity contribution in [3.63, 3.8) is 0 Å². The number of hydrogen-bond donors (Lipinski definition) is 0. The molecule has 114 valence electrons. The highest BCUT2D eigenvalue weighted by molar-refractivity contribution is 5.82. The molecule has 1 fully saturated rings. The SMILES string of the molecule is CC1CCCCC1.CCCC(C)C(=O)C(C)CCC. The summed E-state index contributed by atoms with van der Waals surface area (Å²) in [5, 5.41) is 0. The van der Waals surface area contributed by atoms with Gasteiger partial charge in [-0.1, -0.05) is 79.6 Å². The second kappa shape index (κ2) is 11.5. The maximum atomic E-state index is 11.6. The van der Waals surface area contributed by atoms with Crippen LogP contribution in [0.5, 0.6) is 0 Å². The zero-order valence-electron chi connectivity index (χ0n) is 14.0. The standard InChI is InChI=1S/C11H22O.C7H14/c1-5-7-9(3)11(12)10(4)8-6-2;1-7-5-3-2-4-6-7/h9-10H,5-8H2,1-4H3;7H,2-6H2,1H3. The summed E-state index contributed by atoms with van der Waals surface area (Å²) in [6.07, 6.45) is 11.8. The van der Waals surface area contributed by atoms with Gasteiger partial charge in [-0.05, 0) is 18.8 Å². The van der Waals surface area contributed by atoms with Crippen molar-refractivity contribution in [3.8, 4) is 0 Å². The van der Waals surface area contributed by atoms with Crippen LogP contribution in [0, 0.1) is 17.8 Å². The lowest BCUT2D eigenvalue weighted by molar-refractivity contribution is -0.126. The van der Waals surface area contributed by atoms with E-state index in [0.29, 0.717) is 5.78 Å². The average Bonchev–Trinajstić information content (AvgIpc) is 2.40. The second-order valence-corrected chi connectivity index (χ2v) is 6.52. The van der Waals surface area contributed by atoms with E-state index in [2.05, 4.69) is 34.6 Å². The molecule has 19 heavy (non-hydrogen) atoms. The van der Waals surface area contributed by atoms with Crippen LogP contribution >= 0.6 is 0 Å². The zero-order chi connectivity index (χ0) is 14.7. The van der Waals surface area contributed by atoms with Crippen molar-refractivity contribution in [2.45, 2.75) is 92.4 Å². The van der Waals surface area contributed by atoms with Gasteiger partial charge in [0.05, 0.1) is 0 Å². The van der Waals surface area contributed by atoms with E-state index >= 15 is 0 Å². The first-order chi connectivity index (χ1) is 9.02. The summed E-state index contributed by atoms with van der Waals surface area (Å²) in [4.78, 5) is 11.6. The third-order valence-electron chi connectivity index (χ3n) is 4.31. The molecule has 0 spiro atoms. The third-order valence-corrected chi connectivity index (χ3v) is 4.31. The van der Waals surface area contributed by atoms with Gasteiger partial charge in [0.25, 0.3) is 0 Å². The normalized spacial score (nSPS) is 19.2. The lowest BCUT2D eigenvalue weighted by Crippen LogP contribution is -2.19. The summed E-state index contributed by atoms with van der Waals surface area (Å²) in [5.74, 6) is 2.04. The molecule has 0 aromatic carbocycles. The molecule has 1 aliphatic carbocycles. The topological polar surface area (TPSA) is 17.1 Å². The molecule has 0 aromatic heterocycles. The lowest BCUT2D eigenvalue weighted by Gasteiger charge is -2.15. The molecule has 1 saturated carbocycles. The molecule has 2 atom stereocenters. The van der Waals surface area contributed by atoms with Crippen molar-refractivity contribution in [2.75, 3.05) is 0 Å². The number of rotatable bonds is 6. The predicted octanol–water partition coefficient (Wildman–Crippen LogP) is 6.01. The Morgan fingerprint density at radius 2 is 1.37 bits per heavy atom. The molecule has 0 radical (unpaired) electrons. The van der Waals surface area contributed by atoms with Crippen molar-refractivity contribution in [1.82, 2.24) is 0 Å². The fourth-order valence-electron chi connectivity index (χ4n) is 2.94. The molecular weight excluding hydrogens is 232 g/mol. The highest BCUT2D eigenvalue weighted by atomic mass is 16.1. The van der Waals surface area contributed by atoms with Crippen LogP contribution in [0.1, 0.15) is 92.4 Å². The van der Waals surface area contributed by atoms with Crippen LogP contribution in [-0.4, -0.2) is 5.78 Å². The molecule has 0 heterocycles. The molecule has 1 heteroatoms. The summed E-state index contributed by atoms with van der Waals surface area (Å²) in [6.45, 7) is 10.7. The van der Waals surface area contributed by atoms with E-state index in [-0.39, 0.29) is 11.8 Å². The van der Waals surface area contributed by atoms with Gasteiger partial charge in [-0.25, -0.2) is 0 Å². The Morgan fingerprint density at radius 3 is 1.63 bits per heavy atom. The maximum Gasteiger partial charge on any atom is 0.138 e. The van der Waals surface area contributed by atoms with Crippen LogP contribution in [0.25, 0.3) is 0 Å². The molecule has 0 N–H and O–H groups in total. The molecule has 2 unspecified atom stereocenters. The molecule has 1 nitrogen and oxygen atoms in total. The predicted molar refractivity (Wildman–Crippen MR) is 85.4 cm³/mol. The Labute approximate surface area is 121 Å². The molecule has 1 rings (SSSR count). The number of hydrogen-bond acceptors (Lipinski definition) is 1. The van der Waals surface area contributed by atoms with Crippen LogP contribution in [0.3, 0.4) is 0 Å². The summed E-state index contributed by atoms with van der Waals surface area (Å²) < 4.78 is 0. The first-order valence-electron chi connectivity index (χ1n) is 8.56. The number of Topliss-reactive ketones (excluding diaryl/α,β-unsaturated/α-hetero) is 1. The molecule has 0 bridgehead atoms. The van der Waals surface area contributed by atoms with Gasteiger partial charge in [0.2, 0.25) is 0 Å². The minimum atomic E-state index is 0.275. The van der Waals surface area contributed by atoms with E-state index in [4.69, 9.17) is 0 Å². The smallest absolute Gasteiger partial charge is 0.138 e. The van der Waals surface area contributed by atoms with E-state index in [1.165, 1.54) is 32.1 Å². The zero-order valence-corrected chi connectivity index (χ0v) is 14.0. The number of ketones is 1. The highest BCUT2D eigenvalue weighted by Crippen LogP contribution is 2.22. The van der Waals surface area contributed by atoms with Gasteiger partial charge < -0.3 is 0 Å². The number of carbonyl (C=O) groups excluding carboxylic acids is 1.